The van der Waals surface area contributed by atoms with Crippen molar-refractivity contribution in [3.63, 3.8) is 0 Å². The monoisotopic (exact) mass is 290 g/mol. The van der Waals surface area contributed by atoms with Crippen molar-refractivity contribution < 1.29 is 23.4 Å². The van der Waals surface area contributed by atoms with Crippen molar-refractivity contribution in [2.24, 2.45) is 0 Å². The number of aliphatic carboxylic acids is 1. The Balaban J connectivity index is 2.28. The van der Waals surface area contributed by atoms with Gasteiger partial charge in [0.2, 0.25) is 0 Å². The van der Waals surface area contributed by atoms with Crippen LogP contribution in [0.5, 0.6) is 11.5 Å². The summed E-state index contributed by atoms with van der Waals surface area (Å²) in [7, 11) is 0. The van der Waals surface area contributed by atoms with E-state index in [4.69, 9.17) is 9.84 Å². The summed E-state index contributed by atoms with van der Waals surface area (Å²) in [4.78, 5) is 10.5. The SMILES string of the molecule is Cc1ccc(/C=C/C(=O)O)cc1Oc1ccc(F)c(F)c1. The Hall–Kier alpha value is -2.69. The maximum Gasteiger partial charge on any atom is 0.328 e. The van der Waals surface area contributed by atoms with Crippen LogP contribution in [0, 0.1) is 18.6 Å². The zero-order valence-electron chi connectivity index (χ0n) is 11.1. The van der Waals surface area contributed by atoms with E-state index in [0.717, 1.165) is 23.8 Å². The molecule has 0 fully saturated rings. The van der Waals surface area contributed by atoms with Crippen LogP contribution in [0.2, 0.25) is 0 Å². The number of ether oxygens (including phenoxy) is 1. The standard InChI is InChI=1S/C16H12F2O3/c1-10-2-3-11(4-7-16(19)20)8-15(10)21-12-5-6-13(17)14(18)9-12/h2-9H,1H3,(H,19,20)/b7-4+. The van der Waals surface area contributed by atoms with E-state index in [1.165, 1.54) is 12.1 Å². The molecule has 0 aromatic heterocycles. The van der Waals surface area contributed by atoms with E-state index >= 15 is 0 Å². The number of rotatable bonds is 4. The zero-order valence-corrected chi connectivity index (χ0v) is 11.1. The van der Waals surface area contributed by atoms with E-state index in [1.54, 1.807) is 25.1 Å². The second-order valence-electron chi connectivity index (χ2n) is 4.37. The molecule has 0 bridgehead atoms. The Bertz CT molecular complexity index is 709. The number of carboxylic acid groups (broad SMARTS) is 1. The largest absolute Gasteiger partial charge is 0.478 e. The van der Waals surface area contributed by atoms with Gasteiger partial charge in [-0.25, -0.2) is 13.6 Å². The van der Waals surface area contributed by atoms with Crippen molar-refractivity contribution in [3.8, 4) is 11.5 Å². The second kappa shape index (κ2) is 6.17. The van der Waals surface area contributed by atoms with Crippen molar-refractivity contribution in [2.45, 2.75) is 6.92 Å². The molecule has 0 spiro atoms. The zero-order chi connectivity index (χ0) is 15.4. The van der Waals surface area contributed by atoms with Crippen LogP contribution in [0.4, 0.5) is 8.78 Å². The molecule has 0 aliphatic carbocycles. The Kier molecular flexibility index (Phi) is 4.33. The maximum absolute atomic E-state index is 13.1. The van der Waals surface area contributed by atoms with Crippen LogP contribution in [0.15, 0.2) is 42.5 Å². The van der Waals surface area contributed by atoms with Crippen LogP contribution in [0.1, 0.15) is 11.1 Å². The maximum atomic E-state index is 13.1. The van der Waals surface area contributed by atoms with Gasteiger partial charge in [-0.3, -0.25) is 0 Å². The molecule has 0 amide bonds. The molecule has 1 N–H and O–H groups in total. The van der Waals surface area contributed by atoms with Gasteiger partial charge in [0.15, 0.2) is 11.6 Å². The minimum atomic E-state index is -1.06. The first kappa shape index (κ1) is 14.7. The lowest BCUT2D eigenvalue weighted by Gasteiger charge is -2.10. The van der Waals surface area contributed by atoms with Gasteiger partial charge in [0.25, 0.3) is 0 Å². The van der Waals surface area contributed by atoms with Gasteiger partial charge in [-0.1, -0.05) is 12.1 Å². The third-order valence-corrected chi connectivity index (χ3v) is 2.75. The summed E-state index contributed by atoms with van der Waals surface area (Å²) in [5.74, 6) is -2.40. The molecular formula is C16H12F2O3. The van der Waals surface area contributed by atoms with Crippen LogP contribution in [-0.4, -0.2) is 11.1 Å². The van der Waals surface area contributed by atoms with Crippen LogP contribution in [-0.2, 0) is 4.79 Å². The Labute approximate surface area is 120 Å². The lowest BCUT2D eigenvalue weighted by atomic mass is 10.1. The minimum absolute atomic E-state index is 0.163. The van der Waals surface area contributed by atoms with Gasteiger partial charge in [-0.15, -0.1) is 0 Å². The molecule has 0 saturated carbocycles. The molecule has 2 aromatic carbocycles. The predicted molar refractivity (Wildman–Crippen MR) is 74.3 cm³/mol. The predicted octanol–water partition coefficient (Wildman–Crippen LogP) is 4.16. The van der Waals surface area contributed by atoms with Gasteiger partial charge in [0, 0.05) is 12.1 Å². The molecule has 21 heavy (non-hydrogen) atoms. The molecule has 0 radical (unpaired) electrons. The highest BCUT2D eigenvalue weighted by molar-refractivity contribution is 5.85. The molecule has 0 saturated heterocycles. The minimum Gasteiger partial charge on any atom is -0.478 e. The quantitative estimate of drug-likeness (QED) is 0.860. The Morgan fingerprint density at radius 1 is 1.14 bits per heavy atom. The summed E-state index contributed by atoms with van der Waals surface area (Å²) in [5.41, 5.74) is 1.41. The van der Waals surface area contributed by atoms with E-state index in [0.29, 0.717) is 11.3 Å². The third kappa shape index (κ3) is 3.89. The Morgan fingerprint density at radius 3 is 2.57 bits per heavy atom. The first-order chi connectivity index (χ1) is 9.95. The first-order valence-corrected chi connectivity index (χ1v) is 6.10. The lowest BCUT2D eigenvalue weighted by molar-refractivity contribution is -0.131. The van der Waals surface area contributed by atoms with Crippen LogP contribution >= 0.6 is 0 Å². The lowest BCUT2D eigenvalue weighted by Crippen LogP contribution is -1.91. The summed E-state index contributed by atoms with van der Waals surface area (Å²) >= 11 is 0. The molecular weight excluding hydrogens is 278 g/mol. The number of carbonyl (C=O) groups is 1. The average Bonchev–Trinajstić information content (AvgIpc) is 2.43. The number of aryl methyl sites for hydroxylation is 1. The van der Waals surface area contributed by atoms with Gasteiger partial charge in [-0.05, 0) is 42.3 Å². The van der Waals surface area contributed by atoms with Gasteiger partial charge >= 0.3 is 5.97 Å². The van der Waals surface area contributed by atoms with Gasteiger partial charge < -0.3 is 9.84 Å². The Morgan fingerprint density at radius 2 is 1.90 bits per heavy atom. The summed E-state index contributed by atoms with van der Waals surface area (Å²) < 4.78 is 31.5. The fraction of sp³-hybridized carbons (Fsp3) is 0.0625. The van der Waals surface area contributed by atoms with Crippen LogP contribution in [0.25, 0.3) is 6.08 Å². The van der Waals surface area contributed by atoms with E-state index in [9.17, 15) is 13.6 Å². The fourth-order valence-corrected chi connectivity index (χ4v) is 1.67. The number of carboxylic acids is 1. The summed E-state index contributed by atoms with van der Waals surface area (Å²) in [6, 6.07) is 8.35. The van der Waals surface area contributed by atoms with Crippen molar-refractivity contribution in [1.82, 2.24) is 0 Å². The van der Waals surface area contributed by atoms with Crippen molar-refractivity contribution in [1.29, 1.82) is 0 Å². The van der Waals surface area contributed by atoms with Crippen molar-refractivity contribution >= 4 is 12.0 Å². The smallest absolute Gasteiger partial charge is 0.328 e. The second-order valence-corrected chi connectivity index (χ2v) is 4.37. The van der Waals surface area contributed by atoms with Gasteiger partial charge in [0.1, 0.15) is 11.5 Å². The van der Waals surface area contributed by atoms with Gasteiger partial charge in [0.05, 0.1) is 0 Å². The van der Waals surface area contributed by atoms with E-state index in [1.807, 2.05) is 0 Å². The molecule has 0 aliphatic heterocycles. The topological polar surface area (TPSA) is 46.5 Å². The summed E-state index contributed by atoms with van der Waals surface area (Å²) in [6.45, 7) is 1.79. The first-order valence-electron chi connectivity index (χ1n) is 6.10. The molecule has 108 valence electrons. The molecule has 3 nitrogen and oxygen atoms in total. The number of halogens is 2. The van der Waals surface area contributed by atoms with E-state index in [2.05, 4.69) is 0 Å². The third-order valence-electron chi connectivity index (χ3n) is 2.75. The normalized spacial score (nSPS) is 10.8. The molecule has 2 aromatic rings. The molecule has 0 heterocycles. The molecule has 0 atom stereocenters. The van der Waals surface area contributed by atoms with Crippen LogP contribution in [0.3, 0.4) is 0 Å². The number of hydrogen-bond donors (Lipinski definition) is 1. The average molecular weight is 290 g/mol. The number of benzene rings is 2. The highest BCUT2D eigenvalue weighted by Gasteiger charge is 2.06. The van der Waals surface area contributed by atoms with Crippen molar-refractivity contribution in [3.05, 3.63) is 65.2 Å². The van der Waals surface area contributed by atoms with Crippen molar-refractivity contribution in [2.75, 3.05) is 0 Å². The summed E-state index contributed by atoms with van der Waals surface area (Å²) in [6.07, 6.45) is 2.42. The summed E-state index contributed by atoms with van der Waals surface area (Å²) in [5, 5.41) is 8.60. The van der Waals surface area contributed by atoms with E-state index in [-0.39, 0.29) is 5.75 Å². The molecule has 0 aliphatic rings. The fourth-order valence-electron chi connectivity index (χ4n) is 1.67. The highest BCUT2D eigenvalue weighted by atomic mass is 19.2. The van der Waals surface area contributed by atoms with E-state index < -0.39 is 17.6 Å². The van der Waals surface area contributed by atoms with Gasteiger partial charge in [-0.2, -0.15) is 0 Å². The molecule has 5 heteroatoms. The highest BCUT2D eigenvalue weighted by Crippen LogP contribution is 2.27. The van der Waals surface area contributed by atoms with Crippen LogP contribution < -0.4 is 4.74 Å². The number of hydrogen-bond acceptors (Lipinski definition) is 2. The molecule has 2 rings (SSSR count). The molecule has 0 unspecified atom stereocenters.